The molecule has 0 aliphatic carbocycles. The highest BCUT2D eigenvalue weighted by atomic mass is 16.4. The Hall–Kier alpha value is -2.81. The molecule has 7 N–H and O–H groups in total. The molecule has 2 atom stereocenters. The number of carboxylic acid groups (broad SMARTS) is 1. The average Bonchev–Trinajstić information content (AvgIpc) is 2.88. The van der Waals surface area contributed by atoms with Gasteiger partial charge in [0.05, 0.1) is 0 Å². The zero-order chi connectivity index (χ0) is 16.3. The Kier molecular flexibility index (Phi) is 5.91. The van der Waals surface area contributed by atoms with E-state index in [9.17, 15) is 29.7 Å². The van der Waals surface area contributed by atoms with Crippen molar-refractivity contribution in [3.8, 4) is 11.5 Å². The van der Waals surface area contributed by atoms with Crippen LogP contribution in [-0.4, -0.2) is 50.7 Å². The monoisotopic (exact) mass is 326 g/mol. The standard InChI is InChI=1S/C14H16N2O6.H2O/c17-10-3-1-7(6-11(10)18)5-9(14(21)22)16-13(20)8-2-4-12(19)15-8;/h1,3,6,8-9,17-18H,2,4-5H2,(H,15,19)(H,16,20)(H,21,22);1H2/t8-,9-;/m0./s1. The first kappa shape index (κ1) is 18.2. The second kappa shape index (κ2) is 7.45. The first-order chi connectivity index (χ1) is 10.4. The number of carbonyl (C=O) groups excluding carboxylic acids is 2. The number of aliphatic carboxylic acids is 1. The van der Waals surface area contributed by atoms with Crippen molar-refractivity contribution in [3.05, 3.63) is 23.8 Å². The van der Waals surface area contributed by atoms with Crippen LogP contribution in [-0.2, 0) is 20.8 Å². The Morgan fingerprint density at radius 1 is 1.30 bits per heavy atom. The highest BCUT2D eigenvalue weighted by molar-refractivity contribution is 5.92. The lowest BCUT2D eigenvalue weighted by Gasteiger charge is -2.17. The van der Waals surface area contributed by atoms with Gasteiger partial charge < -0.3 is 31.4 Å². The lowest BCUT2D eigenvalue weighted by atomic mass is 10.0. The van der Waals surface area contributed by atoms with Crippen LogP contribution in [0.5, 0.6) is 11.5 Å². The number of phenols is 2. The molecule has 1 aromatic carbocycles. The molecule has 1 saturated heterocycles. The maximum absolute atomic E-state index is 11.9. The minimum atomic E-state index is -1.23. The van der Waals surface area contributed by atoms with Crippen molar-refractivity contribution in [2.75, 3.05) is 0 Å². The number of rotatable bonds is 5. The van der Waals surface area contributed by atoms with Crippen LogP contribution in [0.3, 0.4) is 0 Å². The van der Waals surface area contributed by atoms with Gasteiger partial charge >= 0.3 is 5.97 Å². The van der Waals surface area contributed by atoms with Crippen molar-refractivity contribution < 1.29 is 35.2 Å². The van der Waals surface area contributed by atoms with Gasteiger partial charge in [-0.2, -0.15) is 0 Å². The predicted molar refractivity (Wildman–Crippen MR) is 77.8 cm³/mol. The molecule has 1 aromatic rings. The third-order valence-electron chi connectivity index (χ3n) is 3.41. The largest absolute Gasteiger partial charge is 0.504 e. The number of nitrogens with one attached hydrogen (secondary N) is 2. The SMILES string of the molecule is O.O=C1CC[C@@H](C(=O)N[C@@H](Cc2ccc(O)c(O)c2)C(=O)O)N1. The number of aromatic hydroxyl groups is 2. The second-order valence-corrected chi connectivity index (χ2v) is 5.09. The van der Waals surface area contributed by atoms with Crippen molar-refractivity contribution in [2.45, 2.75) is 31.3 Å². The zero-order valence-electron chi connectivity index (χ0n) is 12.1. The molecule has 0 bridgehead atoms. The Bertz CT molecular complexity index is 617. The Morgan fingerprint density at radius 2 is 2.00 bits per heavy atom. The van der Waals surface area contributed by atoms with Gasteiger partial charge in [0, 0.05) is 12.8 Å². The van der Waals surface area contributed by atoms with Crippen molar-refractivity contribution in [2.24, 2.45) is 0 Å². The van der Waals surface area contributed by atoms with E-state index < -0.39 is 24.0 Å². The maximum atomic E-state index is 11.9. The van der Waals surface area contributed by atoms with Gasteiger partial charge in [0.15, 0.2) is 11.5 Å². The highest BCUT2D eigenvalue weighted by Gasteiger charge is 2.30. The predicted octanol–water partition coefficient (Wildman–Crippen LogP) is -1.34. The molecule has 1 aliphatic rings. The fourth-order valence-electron chi connectivity index (χ4n) is 2.21. The molecule has 0 spiro atoms. The number of amides is 2. The van der Waals surface area contributed by atoms with Crippen LogP contribution in [0.25, 0.3) is 0 Å². The van der Waals surface area contributed by atoms with Gasteiger partial charge in [0.1, 0.15) is 12.1 Å². The Morgan fingerprint density at radius 3 is 2.52 bits per heavy atom. The lowest BCUT2D eigenvalue weighted by Crippen LogP contribution is -2.49. The van der Waals surface area contributed by atoms with Gasteiger partial charge in [0.25, 0.3) is 0 Å². The molecule has 0 saturated carbocycles. The van der Waals surface area contributed by atoms with Gasteiger partial charge in [-0.15, -0.1) is 0 Å². The summed E-state index contributed by atoms with van der Waals surface area (Å²) in [5.41, 5.74) is 0.443. The molecular weight excluding hydrogens is 308 g/mol. The zero-order valence-corrected chi connectivity index (χ0v) is 12.1. The van der Waals surface area contributed by atoms with E-state index in [1.165, 1.54) is 18.2 Å². The van der Waals surface area contributed by atoms with E-state index in [4.69, 9.17) is 0 Å². The molecule has 2 rings (SSSR count). The van der Waals surface area contributed by atoms with Crippen molar-refractivity contribution in [3.63, 3.8) is 0 Å². The molecule has 126 valence electrons. The summed E-state index contributed by atoms with van der Waals surface area (Å²) in [4.78, 5) is 34.3. The first-order valence-electron chi connectivity index (χ1n) is 6.70. The van der Waals surface area contributed by atoms with Crippen LogP contribution < -0.4 is 10.6 Å². The van der Waals surface area contributed by atoms with Crippen LogP contribution in [0, 0.1) is 0 Å². The van der Waals surface area contributed by atoms with Crippen LogP contribution in [0.4, 0.5) is 0 Å². The van der Waals surface area contributed by atoms with E-state index in [-0.39, 0.29) is 35.7 Å². The smallest absolute Gasteiger partial charge is 0.326 e. The van der Waals surface area contributed by atoms with Gasteiger partial charge in [0.2, 0.25) is 11.8 Å². The lowest BCUT2D eigenvalue weighted by molar-refractivity contribution is -0.142. The summed E-state index contributed by atoms with van der Waals surface area (Å²) < 4.78 is 0. The minimum absolute atomic E-state index is 0. The fraction of sp³-hybridized carbons (Fsp3) is 0.357. The third kappa shape index (κ3) is 4.58. The summed E-state index contributed by atoms with van der Waals surface area (Å²) >= 11 is 0. The van der Waals surface area contributed by atoms with Crippen LogP contribution in [0.15, 0.2) is 18.2 Å². The van der Waals surface area contributed by atoms with Crippen LogP contribution in [0.2, 0.25) is 0 Å². The second-order valence-electron chi connectivity index (χ2n) is 5.09. The van der Waals surface area contributed by atoms with Crippen LogP contribution in [0.1, 0.15) is 18.4 Å². The molecule has 2 amide bonds. The first-order valence-corrected chi connectivity index (χ1v) is 6.70. The molecular formula is C14H18N2O7. The summed E-state index contributed by atoms with van der Waals surface area (Å²) in [6, 6.07) is 2.00. The third-order valence-corrected chi connectivity index (χ3v) is 3.41. The number of benzene rings is 1. The summed E-state index contributed by atoms with van der Waals surface area (Å²) in [7, 11) is 0. The molecule has 1 fully saturated rings. The number of hydrogen-bond donors (Lipinski definition) is 5. The fourth-order valence-corrected chi connectivity index (χ4v) is 2.21. The quantitative estimate of drug-likeness (QED) is 0.420. The highest BCUT2D eigenvalue weighted by Crippen LogP contribution is 2.25. The van der Waals surface area contributed by atoms with E-state index in [0.29, 0.717) is 12.0 Å². The van der Waals surface area contributed by atoms with Crippen molar-refractivity contribution >= 4 is 17.8 Å². The summed E-state index contributed by atoms with van der Waals surface area (Å²) in [6.45, 7) is 0. The summed E-state index contributed by atoms with van der Waals surface area (Å²) in [5, 5.41) is 32.6. The van der Waals surface area contributed by atoms with E-state index in [1.807, 2.05) is 0 Å². The van der Waals surface area contributed by atoms with E-state index in [2.05, 4.69) is 10.6 Å². The molecule has 9 heteroatoms. The summed E-state index contributed by atoms with van der Waals surface area (Å²) in [5.74, 6) is -2.70. The number of phenolic OH excluding ortho intramolecular Hbond substituents is 2. The Balaban J connectivity index is 0.00000264. The van der Waals surface area contributed by atoms with Crippen LogP contribution >= 0.6 is 0 Å². The van der Waals surface area contributed by atoms with Crippen molar-refractivity contribution in [1.29, 1.82) is 0 Å². The number of hydrogen-bond acceptors (Lipinski definition) is 5. The average molecular weight is 326 g/mol. The minimum Gasteiger partial charge on any atom is -0.504 e. The van der Waals surface area contributed by atoms with E-state index in [1.54, 1.807) is 0 Å². The van der Waals surface area contributed by atoms with Gasteiger partial charge in [-0.1, -0.05) is 6.07 Å². The molecule has 0 unspecified atom stereocenters. The molecule has 0 aromatic heterocycles. The number of carboxylic acids is 1. The van der Waals surface area contributed by atoms with E-state index in [0.717, 1.165) is 0 Å². The van der Waals surface area contributed by atoms with E-state index >= 15 is 0 Å². The normalized spacial score (nSPS) is 17.7. The van der Waals surface area contributed by atoms with Gasteiger partial charge in [-0.3, -0.25) is 9.59 Å². The molecule has 0 radical (unpaired) electrons. The topological polar surface area (TPSA) is 167 Å². The maximum Gasteiger partial charge on any atom is 0.326 e. The summed E-state index contributed by atoms with van der Waals surface area (Å²) in [6.07, 6.45) is 0.508. The van der Waals surface area contributed by atoms with Gasteiger partial charge in [-0.25, -0.2) is 4.79 Å². The molecule has 23 heavy (non-hydrogen) atoms. The Labute approximate surface area is 131 Å². The molecule has 1 heterocycles. The van der Waals surface area contributed by atoms with Crippen molar-refractivity contribution in [1.82, 2.24) is 10.6 Å². The van der Waals surface area contributed by atoms with Gasteiger partial charge in [-0.05, 0) is 24.1 Å². The molecule has 1 aliphatic heterocycles. The number of carbonyl (C=O) groups is 3. The molecule has 9 nitrogen and oxygen atoms in total.